The number of aryl methyl sites for hydroxylation is 1. The van der Waals surface area contributed by atoms with E-state index in [-0.39, 0.29) is 5.13 Å². The molecule has 0 saturated carbocycles. The first-order valence-electron chi connectivity index (χ1n) is 6.28. The normalized spacial score (nSPS) is 10.9. The molecule has 1 heterocycles. The Balaban J connectivity index is 1.96. The lowest BCUT2D eigenvalue weighted by atomic mass is 10.2. The predicted molar refractivity (Wildman–Crippen MR) is 83.7 cm³/mol. The van der Waals surface area contributed by atoms with Gasteiger partial charge in [-0.15, -0.1) is 0 Å². The molecule has 0 bridgehead atoms. The van der Waals surface area contributed by atoms with Gasteiger partial charge in [-0.05, 0) is 36.8 Å². The molecule has 3 rings (SSSR count). The summed E-state index contributed by atoms with van der Waals surface area (Å²) < 4.78 is 28.0. The smallest absolute Gasteiger partial charge is 0.263 e. The third-order valence-electron chi connectivity index (χ3n) is 3.06. The second kappa shape index (κ2) is 5.62. The zero-order valence-electron chi connectivity index (χ0n) is 11.3. The van der Waals surface area contributed by atoms with E-state index < -0.39 is 23.1 Å². The van der Waals surface area contributed by atoms with Crippen molar-refractivity contribution in [2.24, 2.45) is 0 Å². The number of carbonyl (C=O) groups is 1. The molecule has 112 valence electrons. The van der Waals surface area contributed by atoms with Crippen LogP contribution in [0.1, 0.15) is 15.9 Å². The Morgan fingerprint density at radius 2 is 1.95 bits per heavy atom. The Labute approximate surface area is 133 Å². The van der Waals surface area contributed by atoms with Gasteiger partial charge in [-0.3, -0.25) is 10.1 Å². The van der Waals surface area contributed by atoms with E-state index in [4.69, 9.17) is 11.6 Å². The number of thiazole rings is 1. The van der Waals surface area contributed by atoms with Crippen molar-refractivity contribution in [3.8, 4) is 0 Å². The van der Waals surface area contributed by atoms with Gasteiger partial charge in [-0.25, -0.2) is 13.8 Å². The van der Waals surface area contributed by atoms with E-state index in [1.165, 1.54) is 17.4 Å². The molecule has 0 fully saturated rings. The summed E-state index contributed by atoms with van der Waals surface area (Å²) >= 11 is 7.16. The lowest BCUT2D eigenvalue weighted by Gasteiger charge is -2.03. The van der Waals surface area contributed by atoms with Crippen LogP contribution < -0.4 is 5.32 Å². The minimum Gasteiger partial charge on any atom is -0.298 e. The number of aromatic nitrogens is 1. The van der Waals surface area contributed by atoms with Gasteiger partial charge in [0, 0.05) is 5.02 Å². The van der Waals surface area contributed by atoms with Crippen LogP contribution >= 0.6 is 22.9 Å². The van der Waals surface area contributed by atoms with Crippen LogP contribution in [0, 0.1) is 18.6 Å². The molecule has 0 spiro atoms. The molecule has 0 aliphatic rings. The van der Waals surface area contributed by atoms with Gasteiger partial charge in [0.15, 0.2) is 5.13 Å². The van der Waals surface area contributed by atoms with Gasteiger partial charge in [0.05, 0.1) is 10.2 Å². The van der Waals surface area contributed by atoms with Crippen molar-refractivity contribution in [1.82, 2.24) is 4.98 Å². The third kappa shape index (κ3) is 2.67. The molecule has 0 atom stereocenters. The molecule has 3 nitrogen and oxygen atoms in total. The molecule has 1 N–H and O–H groups in total. The molecule has 0 radical (unpaired) electrons. The van der Waals surface area contributed by atoms with Gasteiger partial charge in [0.2, 0.25) is 0 Å². The Kier molecular flexibility index (Phi) is 3.80. The highest BCUT2D eigenvalue weighted by Gasteiger charge is 2.18. The molecular weight excluding hydrogens is 330 g/mol. The van der Waals surface area contributed by atoms with Crippen LogP contribution in [0.15, 0.2) is 30.3 Å². The summed E-state index contributed by atoms with van der Waals surface area (Å²) in [6, 6.07) is 6.73. The maximum Gasteiger partial charge on any atom is 0.263 e. The number of hydrogen-bond acceptors (Lipinski definition) is 3. The minimum absolute atomic E-state index is 0.257. The van der Waals surface area contributed by atoms with Gasteiger partial charge in [0.1, 0.15) is 17.2 Å². The van der Waals surface area contributed by atoms with E-state index in [9.17, 15) is 13.6 Å². The van der Waals surface area contributed by atoms with E-state index in [0.29, 0.717) is 10.5 Å². The highest BCUT2D eigenvalue weighted by Crippen LogP contribution is 2.31. The van der Waals surface area contributed by atoms with Crippen LogP contribution in [0.3, 0.4) is 0 Å². The molecule has 7 heteroatoms. The van der Waals surface area contributed by atoms with Gasteiger partial charge in [-0.1, -0.05) is 29.0 Å². The van der Waals surface area contributed by atoms with Crippen molar-refractivity contribution in [3.05, 3.63) is 58.1 Å². The molecule has 0 saturated heterocycles. The number of fused-ring (bicyclic) bond motifs is 1. The minimum atomic E-state index is -0.919. The summed E-state index contributed by atoms with van der Waals surface area (Å²) in [5, 5.41) is 3.24. The number of rotatable bonds is 2. The molecule has 0 unspecified atom stereocenters. The van der Waals surface area contributed by atoms with E-state index in [1.54, 1.807) is 12.1 Å². The van der Waals surface area contributed by atoms with E-state index in [1.807, 2.05) is 6.92 Å². The van der Waals surface area contributed by atoms with Crippen LogP contribution in [0.2, 0.25) is 5.02 Å². The molecule has 2 aromatic carbocycles. The molecule has 0 aliphatic carbocycles. The zero-order chi connectivity index (χ0) is 15.9. The lowest BCUT2D eigenvalue weighted by molar-refractivity contribution is 0.101. The summed E-state index contributed by atoms with van der Waals surface area (Å²) in [5.74, 6) is -2.71. The monoisotopic (exact) mass is 338 g/mol. The molecule has 22 heavy (non-hydrogen) atoms. The maximum absolute atomic E-state index is 13.6. The Morgan fingerprint density at radius 3 is 2.64 bits per heavy atom. The van der Waals surface area contributed by atoms with Gasteiger partial charge >= 0.3 is 0 Å². The van der Waals surface area contributed by atoms with E-state index >= 15 is 0 Å². The highest BCUT2D eigenvalue weighted by molar-refractivity contribution is 7.22. The molecule has 1 aromatic heterocycles. The van der Waals surface area contributed by atoms with Crippen LogP contribution in [-0.2, 0) is 0 Å². The first kappa shape index (κ1) is 14.9. The fourth-order valence-corrected chi connectivity index (χ4v) is 3.40. The standard InChI is InChI=1S/C15H9ClF2N2OS/c1-7-5-8(16)6-11-13(7)19-15(22-11)20-14(21)12-9(17)3-2-4-10(12)18/h2-6H,1H3,(H,19,20,21). The fraction of sp³-hybridized carbons (Fsp3) is 0.0667. The van der Waals surface area contributed by atoms with Crippen LogP contribution in [0.5, 0.6) is 0 Å². The van der Waals surface area contributed by atoms with Crippen molar-refractivity contribution >= 4 is 44.2 Å². The largest absolute Gasteiger partial charge is 0.298 e. The van der Waals surface area contributed by atoms with E-state index in [2.05, 4.69) is 10.3 Å². The second-order valence-corrected chi connectivity index (χ2v) is 6.11. The molecular formula is C15H9ClF2N2OS. The van der Waals surface area contributed by atoms with Crippen molar-refractivity contribution < 1.29 is 13.6 Å². The van der Waals surface area contributed by atoms with Gasteiger partial charge < -0.3 is 0 Å². The highest BCUT2D eigenvalue weighted by atomic mass is 35.5. The van der Waals surface area contributed by atoms with Crippen LogP contribution in [-0.4, -0.2) is 10.9 Å². The predicted octanol–water partition coefficient (Wildman–Crippen LogP) is 4.79. The lowest BCUT2D eigenvalue weighted by Crippen LogP contribution is -2.15. The van der Waals surface area contributed by atoms with Gasteiger partial charge in [-0.2, -0.15) is 0 Å². The van der Waals surface area contributed by atoms with Crippen LogP contribution in [0.4, 0.5) is 13.9 Å². The average Bonchev–Trinajstić information content (AvgIpc) is 2.81. The number of halogens is 3. The summed E-state index contributed by atoms with van der Waals surface area (Å²) in [7, 11) is 0. The van der Waals surface area contributed by atoms with E-state index in [0.717, 1.165) is 22.4 Å². The topological polar surface area (TPSA) is 42.0 Å². The number of hydrogen-bond donors (Lipinski definition) is 1. The summed E-state index contributed by atoms with van der Waals surface area (Å²) in [5.41, 5.74) is 0.923. The van der Waals surface area contributed by atoms with Crippen molar-refractivity contribution in [1.29, 1.82) is 0 Å². The summed E-state index contributed by atoms with van der Waals surface area (Å²) in [4.78, 5) is 16.3. The Bertz CT molecular complexity index is 874. The Hall–Kier alpha value is -2.05. The summed E-state index contributed by atoms with van der Waals surface area (Å²) in [6.45, 7) is 1.84. The quantitative estimate of drug-likeness (QED) is 0.730. The number of anilines is 1. The fourth-order valence-electron chi connectivity index (χ4n) is 2.08. The first-order chi connectivity index (χ1) is 10.5. The Morgan fingerprint density at radius 1 is 1.27 bits per heavy atom. The van der Waals surface area contributed by atoms with Crippen molar-refractivity contribution in [2.45, 2.75) is 6.92 Å². The number of benzene rings is 2. The average molecular weight is 339 g/mol. The first-order valence-corrected chi connectivity index (χ1v) is 7.47. The molecule has 3 aromatic rings. The second-order valence-electron chi connectivity index (χ2n) is 4.64. The third-order valence-corrected chi connectivity index (χ3v) is 4.20. The zero-order valence-corrected chi connectivity index (χ0v) is 12.9. The SMILES string of the molecule is Cc1cc(Cl)cc2sc(NC(=O)c3c(F)cccc3F)nc12. The van der Waals surface area contributed by atoms with Crippen molar-refractivity contribution in [2.75, 3.05) is 5.32 Å². The molecule has 1 amide bonds. The number of amides is 1. The summed E-state index contributed by atoms with van der Waals surface area (Å²) in [6.07, 6.45) is 0. The number of nitrogens with one attached hydrogen (secondary N) is 1. The number of nitrogens with zero attached hydrogens (tertiary/aromatic N) is 1. The maximum atomic E-state index is 13.6. The van der Waals surface area contributed by atoms with Crippen LogP contribution in [0.25, 0.3) is 10.2 Å². The van der Waals surface area contributed by atoms with Gasteiger partial charge in [0.25, 0.3) is 5.91 Å². The van der Waals surface area contributed by atoms with Crippen molar-refractivity contribution in [3.63, 3.8) is 0 Å². The molecule has 0 aliphatic heterocycles. The number of carbonyl (C=O) groups excluding carboxylic acids is 1.